The first-order valence-corrected chi connectivity index (χ1v) is 5.17. The van der Waals surface area contributed by atoms with Crippen molar-refractivity contribution in [2.75, 3.05) is 6.73 Å². The molecule has 2 nitrogen and oxygen atoms in total. The van der Waals surface area contributed by atoms with Gasteiger partial charge in [0.15, 0.2) is 0 Å². The van der Waals surface area contributed by atoms with E-state index in [0.29, 0.717) is 25.6 Å². The van der Waals surface area contributed by atoms with Crippen LogP contribution in [-0.4, -0.2) is 25.0 Å². The first-order valence-electron chi connectivity index (χ1n) is 5.17. The summed E-state index contributed by atoms with van der Waals surface area (Å²) in [6.07, 6.45) is 3.01. The van der Waals surface area contributed by atoms with E-state index in [1.807, 2.05) is 13.8 Å². The van der Waals surface area contributed by atoms with Crippen molar-refractivity contribution in [3.8, 4) is 0 Å². The van der Waals surface area contributed by atoms with E-state index in [2.05, 4.69) is 5.32 Å². The topological polar surface area (TPSA) is 21.3 Å². The second-order valence-corrected chi connectivity index (χ2v) is 4.01. The highest BCUT2D eigenvalue weighted by atomic mass is 19.1. The monoisotopic (exact) mass is 189 g/mol. The van der Waals surface area contributed by atoms with Crippen molar-refractivity contribution in [2.45, 2.75) is 57.8 Å². The number of halogens is 1. The molecule has 0 amide bonds. The molecule has 0 heterocycles. The van der Waals surface area contributed by atoms with Crippen LogP contribution in [0.3, 0.4) is 0 Å². The molecule has 0 aromatic rings. The van der Waals surface area contributed by atoms with Crippen LogP contribution in [0.4, 0.5) is 4.39 Å². The Labute approximate surface area is 79.8 Å². The summed E-state index contributed by atoms with van der Waals surface area (Å²) in [6.45, 7) is 4.62. The average molecular weight is 189 g/mol. The fourth-order valence-electron chi connectivity index (χ4n) is 1.59. The maximum atomic E-state index is 12.7. The fourth-order valence-corrected chi connectivity index (χ4v) is 1.59. The molecule has 0 unspecified atom stereocenters. The average Bonchev–Trinajstić information content (AvgIpc) is 2.08. The highest BCUT2D eigenvalue weighted by Crippen LogP contribution is 2.20. The molecule has 0 saturated heterocycles. The van der Waals surface area contributed by atoms with E-state index in [-0.39, 0.29) is 6.10 Å². The van der Waals surface area contributed by atoms with Crippen molar-refractivity contribution >= 4 is 0 Å². The molecule has 1 N–H and O–H groups in total. The lowest BCUT2D eigenvalue weighted by Crippen LogP contribution is -2.35. The van der Waals surface area contributed by atoms with Crippen LogP contribution in [0.15, 0.2) is 0 Å². The Balaban J connectivity index is 2.02. The summed E-state index contributed by atoms with van der Waals surface area (Å²) in [6, 6.07) is 0.464. The number of rotatable bonds is 4. The van der Waals surface area contributed by atoms with Crippen LogP contribution in [0.5, 0.6) is 0 Å². The Hall–Kier alpha value is -0.150. The Morgan fingerprint density at radius 3 is 2.46 bits per heavy atom. The molecule has 0 bridgehead atoms. The number of nitrogens with one attached hydrogen (secondary N) is 1. The largest absolute Gasteiger partial charge is 0.364 e. The quantitative estimate of drug-likeness (QED) is 0.685. The van der Waals surface area contributed by atoms with E-state index >= 15 is 0 Å². The molecule has 1 fully saturated rings. The minimum absolute atomic E-state index is 0.269. The molecule has 1 aliphatic rings. The van der Waals surface area contributed by atoms with E-state index in [0.717, 1.165) is 12.8 Å². The molecule has 0 atom stereocenters. The second-order valence-electron chi connectivity index (χ2n) is 4.01. The Morgan fingerprint density at radius 1 is 1.31 bits per heavy atom. The summed E-state index contributed by atoms with van der Waals surface area (Å²) in [4.78, 5) is 0. The molecule has 3 heteroatoms. The van der Waals surface area contributed by atoms with E-state index in [1.165, 1.54) is 0 Å². The number of ether oxygens (including phenoxy) is 1. The van der Waals surface area contributed by atoms with Crippen molar-refractivity contribution in [1.82, 2.24) is 5.32 Å². The zero-order chi connectivity index (χ0) is 9.68. The summed E-state index contributed by atoms with van der Waals surface area (Å²) >= 11 is 0. The molecule has 1 saturated carbocycles. The Kier molecular flexibility index (Phi) is 4.67. The molecule has 1 aliphatic carbocycles. The molecule has 0 radical (unpaired) electrons. The second kappa shape index (κ2) is 5.55. The maximum Gasteiger partial charge on any atom is 0.100 e. The van der Waals surface area contributed by atoms with Gasteiger partial charge in [-0.05, 0) is 39.5 Å². The summed E-state index contributed by atoms with van der Waals surface area (Å²) in [5.41, 5.74) is 0. The molecule has 0 aromatic heterocycles. The fraction of sp³-hybridized carbons (Fsp3) is 1.00. The van der Waals surface area contributed by atoms with Crippen molar-refractivity contribution < 1.29 is 9.13 Å². The van der Waals surface area contributed by atoms with Gasteiger partial charge >= 0.3 is 0 Å². The van der Waals surface area contributed by atoms with Gasteiger partial charge in [0.1, 0.15) is 6.17 Å². The number of hydrogen-bond acceptors (Lipinski definition) is 2. The zero-order valence-corrected chi connectivity index (χ0v) is 8.55. The summed E-state index contributed by atoms with van der Waals surface area (Å²) in [5.74, 6) is 0. The highest BCUT2D eigenvalue weighted by molar-refractivity contribution is 4.75. The molecular weight excluding hydrogens is 169 g/mol. The van der Waals surface area contributed by atoms with Crippen LogP contribution < -0.4 is 5.32 Å². The number of hydrogen-bond donors (Lipinski definition) is 1. The number of alkyl halides is 1. The summed E-state index contributed by atoms with van der Waals surface area (Å²) in [5, 5.41) is 3.28. The predicted octanol–water partition coefficient (Wildman–Crippen LogP) is 2.24. The molecule has 1 rings (SSSR count). The lowest BCUT2D eigenvalue weighted by molar-refractivity contribution is 0.0524. The van der Waals surface area contributed by atoms with Crippen LogP contribution in [0.2, 0.25) is 0 Å². The van der Waals surface area contributed by atoms with Crippen LogP contribution >= 0.6 is 0 Å². The third-order valence-electron chi connectivity index (χ3n) is 2.45. The molecular formula is C10H20FNO. The maximum absolute atomic E-state index is 12.7. The summed E-state index contributed by atoms with van der Waals surface area (Å²) < 4.78 is 18.1. The van der Waals surface area contributed by atoms with Crippen molar-refractivity contribution in [2.24, 2.45) is 0 Å². The van der Waals surface area contributed by atoms with Crippen LogP contribution in [-0.2, 0) is 4.74 Å². The molecule has 78 valence electrons. The Bertz CT molecular complexity index is 133. The van der Waals surface area contributed by atoms with Gasteiger partial charge in [-0.3, -0.25) is 5.32 Å². The first kappa shape index (κ1) is 10.9. The predicted molar refractivity (Wildman–Crippen MR) is 51.4 cm³/mol. The van der Waals surface area contributed by atoms with Gasteiger partial charge in [-0.1, -0.05) is 0 Å². The zero-order valence-electron chi connectivity index (χ0n) is 8.55. The minimum atomic E-state index is -0.566. The lowest BCUT2D eigenvalue weighted by atomic mass is 9.94. The molecule has 13 heavy (non-hydrogen) atoms. The van der Waals surface area contributed by atoms with Gasteiger partial charge in [0, 0.05) is 6.04 Å². The van der Waals surface area contributed by atoms with Gasteiger partial charge in [-0.25, -0.2) is 4.39 Å². The standard InChI is InChI=1S/C10H20FNO/c1-8(2)13-7-12-10-5-3-9(11)4-6-10/h8-10,12H,3-7H2,1-2H3. The summed E-state index contributed by atoms with van der Waals surface area (Å²) in [7, 11) is 0. The molecule has 0 aromatic carbocycles. The van der Waals surface area contributed by atoms with Gasteiger partial charge in [0.2, 0.25) is 0 Å². The highest BCUT2D eigenvalue weighted by Gasteiger charge is 2.19. The van der Waals surface area contributed by atoms with E-state index in [1.54, 1.807) is 0 Å². The molecule has 0 spiro atoms. The van der Waals surface area contributed by atoms with E-state index < -0.39 is 6.17 Å². The first-order chi connectivity index (χ1) is 6.18. The molecule has 0 aliphatic heterocycles. The third kappa shape index (κ3) is 4.58. The van der Waals surface area contributed by atoms with Gasteiger partial charge in [-0.15, -0.1) is 0 Å². The lowest BCUT2D eigenvalue weighted by Gasteiger charge is -2.25. The smallest absolute Gasteiger partial charge is 0.100 e. The van der Waals surface area contributed by atoms with Gasteiger partial charge in [0.25, 0.3) is 0 Å². The van der Waals surface area contributed by atoms with E-state index in [4.69, 9.17) is 4.74 Å². The van der Waals surface area contributed by atoms with Gasteiger partial charge in [-0.2, -0.15) is 0 Å². The third-order valence-corrected chi connectivity index (χ3v) is 2.45. The SMILES string of the molecule is CC(C)OCNC1CCC(F)CC1. The van der Waals surface area contributed by atoms with E-state index in [9.17, 15) is 4.39 Å². The Morgan fingerprint density at radius 2 is 1.92 bits per heavy atom. The van der Waals surface area contributed by atoms with Crippen molar-refractivity contribution in [3.05, 3.63) is 0 Å². The normalized spacial score (nSPS) is 29.5. The van der Waals surface area contributed by atoms with Crippen LogP contribution in [0.1, 0.15) is 39.5 Å². The van der Waals surface area contributed by atoms with Crippen LogP contribution in [0.25, 0.3) is 0 Å². The van der Waals surface area contributed by atoms with Crippen molar-refractivity contribution in [1.29, 1.82) is 0 Å². The van der Waals surface area contributed by atoms with Gasteiger partial charge in [0.05, 0.1) is 12.8 Å². The van der Waals surface area contributed by atoms with Crippen LogP contribution in [0, 0.1) is 0 Å². The van der Waals surface area contributed by atoms with Gasteiger partial charge < -0.3 is 4.74 Å². The van der Waals surface area contributed by atoms with Crippen molar-refractivity contribution in [3.63, 3.8) is 0 Å². The minimum Gasteiger partial charge on any atom is -0.364 e.